The Hall–Kier alpha value is -4.21. The molecule has 2 saturated carbocycles. The Morgan fingerprint density at radius 3 is 1.96 bits per heavy atom. The summed E-state index contributed by atoms with van der Waals surface area (Å²) in [6.07, 6.45) is 7.40. The van der Waals surface area contributed by atoms with Gasteiger partial charge in [0.25, 0.3) is 0 Å². The smallest absolute Gasteiger partial charge is 0.315 e. The van der Waals surface area contributed by atoms with Crippen LogP contribution in [0.3, 0.4) is 0 Å². The first-order valence-corrected chi connectivity index (χ1v) is 17.4. The molecule has 5 rings (SSSR count). The number of carbonyl (C=O) groups is 3. The number of hydrogen-bond donors (Lipinski definition) is 3. The average Bonchev–Trinajstić information content (AvgIpc) is 3.42. The van der Waals surface area contributed by atoms with Gasteiger partial charge in [-0.3, -0.25) is 14.4 Å². The van der Waals surface area contributed by atoms with Gasteiger partial charge in [-0.25, -0.2) is 9.98 Å². The first-order valence-electron chi connectivity index (χ1n) is 17.4. The molecular weight excluding hydrogens is 606 g/mol. The average molecular weight is 658 g/mol. The lowest BCUT2D eigenvalue weighted by molar-refractivity contribution is -0.149. The van der Waals surface area contributed by atoms with Crippen molar-refractivity contribution in [1.82, 2.24) is 15.3 Å². The largest absolute Gasteiger partial charge is 0.422 e. The number of H-pyrrole nitrogens is 1. The topological polar surface area (TPSA) is 135 Å². The number of amidine groups is 1. The molecule has 10 nitrogen and oxygen atoms in total. The molecule has 10 heteroatoms. The zero-order valence-corrected chi connectivity index (χ0v) is 29.8. The third-order valence-corrected chi connectivity index (χ3v) is 10.4. The van der Waals surface area contributed by atoms with E-state index in [2.05, 4.69) is 62.1 Å². The van der Waals surface area contributed by atoms with Crippen molar-refractivity contribution in [3.8, 4) is 5.75 Å². The summed E-state index contributed by atoms with van der Waals surface area (Å²) in [5, 5.41) is 6.13. The van der Waals surface area contributed by atoms with Crippen molar-refractivity contribution >= 4 is 41.4 Å². The van der Waals surface area contributed by atoms with Crippen molar-refractivity contribution in [2.45, 2.75) is 88.0 Å². The SMILES string of the molecule is CC(=O)Nc1[nH]c(C=C2NC(=Nc3ccccn3)C(OC(=O)C3C(C)CC(C)CC3C)=C2C)c(C)c1OC(=O)C1C(C)CC(C)CC1C. The number of allylic oxidation sites excluding steroid dienone is 1. The number of nitrogens with zero attached hydrogens (tertiary/aromatic N) is 2. The summed E-state index contributed by atoms with van der Waals surface area (Å²) in [6.45, 7) is 18.1. The van der Waals surface area contributed by atoms with E-state index in [4.69, 9.17) is 14.5 Å². The van der Waals surface area contributed by atoms with E-state index in [-0.39, 0.29) is 53.4 Å². The first kappa shape index (κ1) is 35.1. The number of esters is 2. The van der Waals surface area contributed by atoms with E-state index >= 15 is 0 Å². The first-order chi connectivity index (χ1) is 22.7. The number of rotatable bonds is 7. The second-order valence-corrected chi connectivity index (χ2v) is 14.8. The van der Waals surface area contributed by atoms with Crippen LogP contribution in [-0.4, -0.2) is 33.6 Å². The van der Waals surface area contributed by atoms with E-state index in [1.165, 1.54) is 6.92 Å². The van der Waals surface area contributed by atoms with Gasteiger partial charge in [0.1, 0.15) is 0 Å². The zero-order valence-electron chi connectivity index (χ0n) is 29.8. The highest BCUT2D eigenvalue weighted by Crippen LogP contribution is 2.42. The molecule has 3 N–H and O–H groups in total. The molecule has 2 aromatic heterocycles. The molecule has 1 aliphatic heterocycles. The van der Waals surface area contributed by atoms with Crippen LogP contribution in [0.25, 0.3) is 6.08 Å². The fourth-order valence-corrected chi connectivity index (χ4v) is 8.44. The van der Waals surface area contributed by atoms with Gasteiger partial charge in [-0.1, -0.05) is 47.6 Å². The zero-order chi connectivity index (χ0) is 34.9. The van der Waals surface area contributed by atoms with Crippen LogP contribution in [0.5, 0.6) is 5.75 Å². The molecule has 0 radical (unpaired) electrons. The van der Waals surface area contributed by atoms with Gasteiger partial charge >= 0.3 is 11.9 Å². The molecular formula is C38H51N5O5. The summed E-state index contributed by atoms with van der Waals surface area (Å²) in [7, 11) is 0. The molecule has 3 heterocycles. The number of pyridine rings is 1. The predicted octanol–water partition coefficient (Wildman–Crippen LogP) is 7.71. The van der Waals surface area contributed by atoms with E-state index in [0.717, 1.165) is 25.7 Å². The molecule has 0 aromatic carbocycles. The molecule has 4 unspecified atom stereocenters. The number of aromatic amines is 1. The molecule has 0 bridgehead atoms. The predicted molar refractivity (Wildman–Crippen MR) is 187 cm³/mol. The van der Waals surface area contributed by atoms with Crippen LogP contribution in [0.2, 0.25) is 0 Å². The van der Waals surface area contributed by atoms with Crippen molar-refractivity contribution in [1.29, 1.82) is 0 Å². The maximum atomic E-state index is 13.7. The Morgan fingerprint density at radius 1 is 0.875 bits per heavy atom. The molecule has 3 aliphatic rings. The summed E-state index contributed by atoms with van der Waals surface area (Å²) >= 11 is 0. The van der Waals surface area contributed by atoms with E-state index < -0.39 is 0 Å². The maximum Gasteiger partial charge on any atom is 0.315 e. The number of nitrogens with one attached hydrogen (secondary N) is 3. The lowest BCUT2D eigenvalue weighted by atomic mass is 9.69. The summed E-state index contributed by atoms with van der Waals surface area (Å²) in [4.78, 5) is 51.8. The van der Waals surface area contributed by atoms with Gasteiger partial charge < -0.3 is 25.1 Å². The van der Waals surface area contributed by atoms with Gasteiger partial charge in [-0.15, -0.1) is 0 Å². The second kappa shape index (κ2) is 14.5. The monoisotopic (exact) mass is 657 g/mol. The van der Waals surface area contributed by atoms with Gasteiger partial charge in [0, 0.05) is 35.6 Å². The van der Waals surface area contributed by atoms with E-state index in [9.17, 15) is 14.4 Å². The molecule has 4 atom stereocenters. The number of hydrogen-bond acceptors (Lipinski definition) is 7. The number of ether oxygens (including phenoxy) is 2. The van der Waals surface area contributed by atoms with E-state index in [0.29, 0.717) is 63.3 Å². The molecule has 2 fully saturated rings. The van der Waals surface area contributed by atoms with Crippen molar-refractivity contribution in [3.05, 3.63) is 52.7 Å². The van der Waals surface area contributed by atoms with Crippen LogP contribution in [0, 0.1) is 54.3 Å². The van der Waals surface area contributed by atoms with Gasteiger partial charge in [-0.2, -0.15) is 0 Å². The highest BCUT2D eigenvalue weighted by Gasteiger charge is 2.40. The Kier molecular flexibility index (Phi) is 10.6. The molecule has 0 saturated heterocycles. The minimum atomic E-state index is -0.296. The molecule has 48 heavy (non-hydrogen) atoms. The quantitative estimate of drug-likeness (QED) is 0.260. The van der Waals surface area contributed by atoms with Crippen molar-refractivity contribution in [3.63, 3.8) is 0 Å². The van der Waals surface area contributed by atoms with Crippen molar-refractivity contribution in [2.75, 3.05) is 5.32 Å². The molecule has 2 aliphatic carbocycles. The maximum absolute atomic E-state index is 13.7. The van der Waals surface area contributed by atoms with Crippen LogP contribution in [0.15, 0.2) is 46.4 Å². The minimum absolute atomic E-state index is 0.192. The summed E-state index contributed by atoms with van der Waals surface area (Å²) < 4.78 is 12.3. The Morgan fingerprint density at radius 2 is 1.44 bits per heavy atom. The number of amides is 1. The normalized spacial score (nSPS) is 30.7. The third kappa shape index (κ3) is 7.58. The van der Waals surface area contributed by atoms with Crippen LogP contribution in [0.1, 0.15) is 92.3 Å². The van der Waals surface area contributed by atoms with Gasteiger partial charge in [0.05, 0.1) is 11.8 Å². The Balaban J connectivity index is 1.49. The van der Waals surface area contributed by atoms with Gasteiger partial charge in [-0.05, 0) is 93.2 Å². The van der Waals surface area contributed by atoms with Crippen LogP contribution < -0.4 is 15.4 Å². The highest BCUT2D eigenvalue weighted by atomic mass is 16.5. The summed E-state index contributed by atoms with van der Waals surface area (Å²) in [6, 6.07) is 5.44. The molecule has 0 spiro atoms. The number of aliphatic imine (C=N–C) groups is 1. The van der Waals surface area contributed by atoms with Crippen LogP contribution in [0.4, 0.5) is 11.6 Å². The highest BCUT2D eigenvalue weighted by molar-refractivity contribution is 6.06. The van der Waals surface area contributed by atoms with E-state index in [1.807, 2.05) is 32.1 Å². The summed E-state index contributed by atoms with van der Waals surface area (Å²) in [5.74, 6) is 2.43. The van der Waals surface area contributed by atoms with Gasteiger partial charge in [0.15, 0.2) is 29.0 Å². The fourth-order valence-electron chi connectivity index (χ4n) is 8.44. The number of anilines is 1. The molecule has 258 valence electrons. The lowest BCUT2D eigenvalue weighted by Crippen LogP contribution is -2.37. The molecule has 2 aromatic rings. The fraction of sp³-hybridized carbons (Fsp3) is 0.553. The van der Waals surface area contributed by atoms with Crippen molar-refractivity contribution in [2.24, 2.45) is 52.3 Å². The summed E-state index contributed by atoms with van der Waals surface area (Å²) in [5.41, 5.74) is 2.61. The third-order valence-electron chi connectivity index (χ3n) is 10.4. The standard InChI is InChI=1S/C38H51N5O5/c1-19-14-21(3)31(22(4)15-19)37(45)47-33-25(7)28(41-35(33)40-27(9)44)18-29-26(8)34(36(42-29)43-30-12-10-11-13-39-30)48-38(46)32-23(5)16-20(2)17-24(32)6/h10-13,18-24,31-32,41H,14-17H2,1-9H3,(H,40,44)(H,39,42,43). The van der Waals surface area contributed by atoms with E-state index in [1.54, 1.807) is 12.3 Å². The number of carbonyl (C=O) groups excluding carboxylic acids is 3. The Labute approximate surface area is 284 Å². The Bertz CT molecular complexity index is 1620. The van der Waals surface area contributed by atoms with Crippen LogP contribution in [-0.2, 0) is 19.1 Å². The molecule has 1 amide bonds. The number of aromatic nitrogens is 2. The van der Waals surface area contributed by atoms with Crippen LogP contribution >= 0.6 is 0 Å². The van der Waals surface area contributed by atoms with Gasteiger partial charge in [0.2, 0.25) is 5.91 Å². The second-order valence-electron chi connectivity index (χ2n) is 14.8. The minimum Gasteiger partial charge on any atom is -0.422 e. The van der Waals surface area contributed by atoms with Crippen molar-refractivity contribution < 1.29 is 23.9 Å². The lowest BCUT2D eigenvalue weighted by Gasteiger charge is -2.36.